The molecule has 5 rings (SSSR count). The Morgan fingerprint density at radius 2 is 1.83 bits per heavy atom. The summed E-state index contributed by atoms with van der Waals surface area (Å²) >= 11 is 6.13. The molecule has 2 aliphatic rings. The van der Waals surface area contributed by atoms with Crippen LogP contribution < -0.4 is 4.74 Å². The van der Waals surface area contributed by atoms with Crippen LogP contribution in [-0.2, 0) is 0 Å². The van der Waals surface area contributed by atoms with Gasteiger partial charge in [0.05, 0.1) is 13.0 Å². The van der Waals surface area contributed by atoms with Crippen molar-refractivity contribution < 1.29 is 9.26 Å². The van der Waals surface area contributed by atoms with E-state index in [0.717, 1.165) is 35.1 Å². The zero-order valence-corrected chi connectivity index (χ0v) is 17.3. The van der Waals surface area contributed by atoms with Gasteiger partial charge in [-0.15, -0.1) is 0 Å². The molecule has 6 heteroatoms. The van der Waals surface area contributed by atoms with Crippen molar-refractivity contribution in [3.05, 3.63) is 65.0 Å². The van der Waals surface area contributed by atoms with Crippen molar-refractivity contribution in [2.75, 3.05) is 14.2 Å². The Labute approximate surface area is 175 Å². The van der Waals surface area contributed by atoms with Crippen LogP contribution in [0.15, 0.2) is 53.1 Å². The Kier molecular flexibility index (Phi) is 4.80. The molecule has 3 heterocycles. The number of benzene rings is 2. The summed E-state index contributed by atoms with van der Waals surface area (Å²) in [6.45, 7) is 0. The molecule has 2 bridgehead atoms. The minimum atomic E-state index is 0.180. The molecule has 1 aromatic heterocycles. The van der Waals surface area contributed by atoms with Gasteiger partial charge in [0.25, 0.3) is 0 Å². The summed E-state index contributed by atoms with van der Waals surface area (Å²) in [6, 6.07) is 17.0. The van der Waals surface area contributed by atoms with Gasteiger partial charge < -0.3 is 9.26 Å². The molecule has 3 aromatic rings. The number of fused-ring (bicyclic) bond motifs is 2. The van der Waals surface area contributed by atoms with Crippen molar-refractivity contribution in [3.63, 3.8) is 0 Å². The third-order valence-corrected chi connectivity index (χ3v) is 6.89. The van der Waals surface area contributed by atoms with Crippen molar-refractivity contribution in [1.82, 2.24) is 15.0 Å². The highest BCUT2D eigenvalue weighted by Crippen LogP contribution is 2.50. The highest BCUT2D eigenvalue weighted by molar-refractivity contribution is 6.30. The number of nitrogens with zero attached hydrogens (tertiary/aromatic N) is 3. The monoisotopic (exact) mass is 409 g/mol. The van der Waals surface area contributed by atoms with Crippen LogP contribution in [0.4, 0.5) is 0 Å². The average molecular weight is 410 g/mol. The van der Waals surface area contributed by atoms with Crippen LogP contribution in [0.5, 0.6) is 5.75 Å². The molecule has 2 unspecified atom stereocenters. The number of hydrogen-bond acceptors (Lipinski definition) is 5. The summed E-state index contributed by atoms with van der Waals surface area (Å²) in [5.74, 6) is 2.70. The maximum absolute atomic E-state index is 6.13. The molecular formula is C23H24ClN3O2. The first kappa shape index (κ1) is 18.6. The number of rotatable bonds is 4. The third-order valence-electron chi connectivity index (χ3n) is 6.64. The van der Waals surface area contributed by atoms with Gasteiger partial charge >= 0.3 is 0 Å². The maximum atomic E-state index is 6.13. The van der Waals surface area contributed by atoms with Gasteiger partial charge in [-0.25, -0.2) is 0 Å². The molecule has 4 atom stereocenters. The van der Waals surface area contributed by atoms with E-state index in [4.69, 9.17) is 25.8 Å². The van der Waals surface area contributed by atoms with Crippen LogP contribution >= 0.6 is 11.6 Å². The van der Waals surface area contributed by atoms with E-state index in [0.29, 0.717) is 23.8 Å². The highest BCUT2D eigenvalue weighted by atomic mass is 35.5. The van der Waals surface area contributed by atoms with Crippen molar-refractivity contribution in [1.29, 1.82) is 0 Å². The van der Waals surface area contributed by atoms with E-state index < -0.39 is 0 Å². The number of likely N-dealkylation sites (N-methyl/N-ethyl adjacent to an activating group) is 1. The molecule has 0 radical (unpaired) electrons. The van der Waals surface area contributed by atoms with Gasteiger partial charge in [0.1, 0.15) is 5.75 Å². The quantitative estimate of drug-likeness (QED) is 0.597. The minimum absolute atomic E-state index is 0.180. The number of hydrogen-bond donors (Lipinski definition) is 0. The van der Waals surface area contributed by atoms with Gasteiger partial charge in [-0.05, 0) is 74.2 Å². The smallest absolute Gasteiger partial charge is 0.232 e. The third kappa shape index (κ3) is 3.32. The van der Waals surface area contributed by atoms with E-state index >= 15 is 0 Å². The Morgan fingerprint density at radius 1 is 1.07 bits per heavy atom. The molecule has 2 aromatic carbocycles. The predicted molar refractivity (Wildman–Crippen MR) is 112 cm³/mol. The fraction of sp³-hybridized carbons (Fsp3) is 0.391. The first-order chi connectivity index (χ1) is 14.1. The molecule has 0 spiro atoms. The Hall–Kier alpha value is -2.37. The molecule has 150 valence electrons. The second kappa shape index (κ2) is 7.47. The summed E-state index contributed by atoms with van der Waals surface area (Å²) in [5.41, 5.74) is 2.23. The minimum Gasteiger partial charge on any atom is -0.497 e. The first-order valence-corrected chi connectivity index (χ1v) is 10.5. The SMILES string of the molecule is COc1ccc(-c2noc(C3C4CC[C@H](C[C@@H]3c3ccc(Cl)cc3)N4C)n2)cc1. The normalized spacial score (nSPS) is 26.6. The molecule has 2 fully saturated rings. The first-order valence-electron chi connectivity index (χ1n) is 10.1. The molecular weight excluding hydrogens is 386 g/mol. The molecule has 0 amide bonds. The van der Waals surface area contributed by atoms with E-state index in [1.165, 1.54) is 12.0 Å². The van der Waals surface area contributed by atoms with Crippen LogP contribution in [0, 0.1) is 0 Å². The molecule has 0 aliphatic carbocycles. The van der Waals surface area contributed by atoms with Crippen molar-refractivity contribution in [2.24, 2.45) is 0 Å². The Bertz CT molecular complexity index is 986. The van der Waals surface area contributed by atoms with E-state index in [1.54, 1.807) is 7.11 Å². The van der Waals surface area contributed by atoms with Crippen LogP contribution in [0.3, 0.4) is 0 Å². The number of ether oxygens (including phenoxy) is 1. The van der Waals surface area contributed by atoms with Gasteiger partial charge in [0.2, 0.25) is 11.7 Å². The van der Waals surface area contributed by atoms with Crippen molar-refractivity contribution in [3.8, 4) is 17.1 Å². The van der Waals surface area contributed by atoms with Crippen LogP contribution in [0.25, 0.3) is 11.4 Å². The van der Waals surface area contributed by atoms with E-state index in [1.807, 2.05) is 36.4 Å². The Balaban J connectivity index is 1.50. The van der Waals surface area contributed by atoms with Gasteiger partial charge in [-0.1, -0.05) is 28.9 Å². The molecule has 2 aliphatic heterocycles. The number of halogens is 1. The topological polar surface area (TPSA) is 51.4 Å². The lowest BCUT2D eigenvalue weighted by Crippen LogP contribution is -2.44. The van der Waals surface area contributed by atoms with E-state index in [9.17, 15) is 0 Å². The lowest BCUT2D eigenvalue weighted by Gasteiger charge is -2.41. The standard InChI is InChI=1S/C23H24ClN3O2/c1-27-17-9-12-20(27)21(19(13-17)14-3-7-16(24)8-4-14)23-25-22(26-29-23)15-5-10-18(28-2)11-6-15/h3-8,10-11,17,19-21H,9,12-13H2,1-2H3/t17-,19-,20?,21?/m1/s1. The number of methoxy groups -OCH3 is 1. The van der Waals surface area contributed by atoms with Crippen molar-refractivity contribution >= 4 is 11.6 Å². The molecule has 0 N–H and O–H groups in total. The summed E-state index contributed by atoms with van der Waals surface area (Å²) in [6.07, 6.45) is 3.48. The predicted octanol–water partition coefficient (Wildman–Crippen LogP) is 5.13. The summed E-state index contributed by atoms with van der Waals surface area (Å²) in [7, 11) is 3.89. The van der Waals surface area contributed by atoms with Gasteiger partial charge in [0.15, 0.2) is 0 Å². The largest absolute Gasteiger partial charge is 0.497 e. The fourth-order valence-corrected chi connectivity index (χ4v) is 5.21. The van der Waals surface area contributed by atoms with E-state index in [-0.39, 0.29) is 5.92 Å². The lowest BCUT2D eigenvalue weighted by atomic mass is 9.76. The zero-order valence-electron chi connectivity index (χ0n) is 16.6. The Morgan fingerprint density at radius 3 is 2.55 bits per heavy atom. The summed E-state index contributed by atoms with van der Waals surface area (Å²) in [5, 5.41) is 5.06. The number of piperidine rings is 1. The molecule has 29 heavy (non-hydrogen) atoms. The van der Waals surface area contributed by atoms with Gasteiger partial charge in [0, 0.05) is 22.7 Å². The van der Waals surface area contributed by atoms with Crippen LogP contribution in [-0.4, -0.2) is 41.3 Å². The van der Waals surface area contributed by atoms with Gasteiger partial charge in [-0.3, -0.25) is 4.90 Å². The second-order valence-corrected chi connectivity index (χ2v) is 8.50. The summed E-state index contributed by atoms with van der Waals surface area (Å²) in [4.78, 5) is 7.34. The number of aromatic nitrogens is 2. The molecule has 0 saturated carbocycles. The fourth-order valence-electron chi connectivity index (χ4n) is 5.08. The van der Waals surface area contributed by atoms with Crippen LogP contribution in [0.2, 0.25) is 5.02 Å². The molecule has 2 saturated heterocycles. The van der Waals surface area contributed by atoms with E-state index in [2.05, 4.69) is 29.2 Å². The lowest BCUT2D eigenvalue weighted by molar-refractivity contribution is 0.120. The highest BCUT2D eigenvalue weighted by Gasteiger charge is 2.48. The van der Waals surface area contributed by atoms with Gasteiger partial charge in [-0.2, -0.15) is 4.98 Å². The maximum Gasteiger partial charge on any atom is 0.232 e. The molecule has 5 nitrogen and oxygen atoms in total. The van der Waals surface area contributed by atoms with Crippen LogP contribution in [0.1, 0.15) is 42.6 Å². The average Bonchev–Trinajstić information content (AvgIpc) is 3.31. The van der Waals surface area contributed by atoms with Crippen molar-refractivity contribution in [2.45, 2.75) is 43.2 Å². The zero-order chi connectivity index (χ0) is 20.0. The second-order valence-electron chi connectivity index (χ2n) is 8.07. The summed E-state index contributed by atoms with van der Waals surface area (Å²) < 4.78 is 11.1.